The third-order valence-corrected chi connectivity index (χ3v) is 19.9. The summed E-state index contributed by atoms with van der Waals surface area (Å²) in [6.45, 7) is 32.3. The van der Waals surface area contributed by atoms with Crippen molar-refractivity contribution in [3.63, 3.8) is 0 Å². The normalized spacial score (nSPS) is 14.4. The zero-order valence-corrected chi connectivity index (χ0v) is 55.9. The summed E-state index contributed by atoms with van der Waals surface area (Å²) in [4.78, 5) is 30.2. The first-order chi connectivity index (χ1) is 44.6. The molecule has 4 aromatic heterocycles. The third kappa shape index (κ3) is 9.37. The van der Waals surface area contributed by atoms with E-state index in [1.807, 2.05) is 111 Å². The first-order valence-corrected chi connectivity index (χ1v) is 32.9. The van der Waals surface area contributed by atoms with Gasteiger partial charge < -0.3 is 9.13 Å². The molecule has 0 saturated heterocycles. The highest BCUT2D eigenvalue weighted by Gasteiger charge is 2.45. The SMILES string of the molecule is CC.CC(C)(C)c1cc2c3c(c1)c1cc(C(C)(C)C)cc4c1n3-c1c(cc(-c3nc(-c5ccccc5)nc(-c5ccccc5)n3)cc1C4(C)C)C2(C)C.CC1(C)c2ccccc2-n2c3ccc(-c4nc(-c5ccccc5)nc(-c5ccccc5)n4)cc3c3cccc1c32. The van der Waals surface area contributed by atoms with Crippen molar-refractivity contribution in [1.82, 2.24) is 39.0 Å². The molecular weight excluding hydrogens is 1130 g/mol. The molecule has 458 valence electrons. The van der Waals surface area contributed by atoms with Crippen molar-refractivity contribution < 1.29 is 0 Å². The first kappa shape index (κ1) is 59.1. The van der Waals surface area contributed by atoms with E-state index in [0.29, 0.717) is 34.9 Å². The number of hydrogen-bond acceptors (Lipinski definition) is 6. The number of nitrogens with zero attached hydrogens (tertiary/aromatic N) is 8. The van der Waals surface area contributed by atoms with Crippen LogP contribution in [0.15, 0.2) is 218 Å². The third-order valence-electron chi connectivity index (χ3n) is 19.9. The second-order valence-corrected chi connectivity index (χ2v) is 28.8. The molecular formula is C85H78N8. The molecule has 14 aromatic rings. The number of aromatic nitrogens is 8. The fourth-order valence-corrected chi connectivity index (χ4v) is 14.7. The van der Waals surface area contributed by atoms with Gasteiger partial charge in [-0.1, -0.05) is 267 Å². The van der Waals surface area contributed by atoms with Crippen molar-refractivity contribution in [3.05, 3.63) is 263 Å². The highest BCUT2D eigenvalue weighted by atomic mass is 15.1. The van der Waals surface area contributed by atoms with E-state index in [-0.39, 0.29) is 27.1 Å². The molecule has 0 amide bonds. The van der Waals surface area contributed by atoms with Gasteiger partial charge in [-0.25, -0.2) is 29.9 Å². The standard InChI is InChI=1S/C47H46N4.C36H26N4.C2H6/c1-44(2,3)30-23-32-33-24-31(45(4,5)6)26-37-39(33)51-38(32)36(25-30)46(7,8)34-21-29(22-35(40(34)51)47(37,9)10)43-49-41(27-17-13-11-14-18-27)48-42(50-43)28-19-15-12-16-20-28;1-36(2)28-17-9-10-19-31(28)40-30-21-20-25(22-27(30)26-16-11-18-29(36)32(26)40)35-38-33(23-12-5-3-6-13-23)37-34(39-35)24-14-7-4-8-15-24;1-2/h11-26H,1-10H3;3-22H,1-2H3;1-2H3. The van der Waals surface area contributed by atoms with Crippen LogP contribution in [0, 0.1) is 0 Å². The number of benzene rings is 10. The van der Waals surface area contributed by atoms with Crippen LogP contribution in [0.3, 0.4) is 0 Å². The van der Waals surface area contributed by atoms with Crippen LogP contribution in [0.5, 0.6) is 0 Å². The minimum absolute atomic E-state index is 0.00104. The van der Waals surface area contributed by atoms with E-state index in [4.69, 9.17) is 29.9 Å². The van der Waals surface area contributed by atoms with Crippen LogP contribution in [-0.2, 0) is 27.1 Å². The van der Waals surface area contributed by atoms with Crippen molar-refractivity contribution >= 4 is 43.6 Å². The molecule has 7 heterocycles. The second-order valence-electron chi connectivity index (χ2n) is 28.8. The van der Waals surface area contributed by atoms with E-state index in [0.717, 1.165) is 33.4 Å². The van der Waals surface area contributed by atoms with Gasteiger partial charge in [0.1, 0.15) is 0 Å². The Morgan fingerprint density at radius 3 is 1.08 bits per heavy atom. The second kappa shape index (κ2) is 21.5. The van der Waals surface area contributed by atoms with E-state index in [9.17, 15) is 0 Å². The maximum Gasteiger partial charge on any atom is 0.164 e. The molecule has 0 fully saturated rings. The predicted octanol–water partition coefficient (Wildman–Crippen LogP) is 21.5. The van der Waals surface area contributed by atoms with Gasteiger partial charge in [0, 0.05) is 71.2 Å². The maximum absolute atomic E-state index is 5.21. The van der Waals surface area contributed by atoms with Gasteiger partial charge in [-0.3, -0.25) is 0 Å². The van der Waals surface area contributed by atoms with Crippen LogP contribution < -0.4 is 0 Å². The van der Waals surface area contributed by atoms with E-state index in [1.54, 1.807) is 0 Å². The van der Waals surface area contributed by atoms with E-state index < -0.39 is 0 Å². The van der Waals surface area contributed by atoms with Crippen LogP contribution in [0.25, 0.3) is 123 Å². The van der Waals surface area contributed by atoms with Crippen LogP contribution in [0.2, 0.25) is 0 Å². The lowest BCUT2D eigenvalue weighted by molar-refractivity contribution is 0.572. The number of hydrogen-bond donors (Lipinski definition) is 0. The van der Waals surface area contributed by atoms with Crippen molar-refractivity contribution in [1.29, 1.82) is 0 Å². The monoisotopic (exact) mass is 1210 g/mol. The fourth-order valence-electron chi connectivity index (χ4n) is 14.7. The molecule has 0 spiro atoms. The van der Waals surface area contributed by atoms with Crippen LogP contribution in [0.1, 0.15) is 141 Å². The van der Waals surface area contributed by atoms with Gasteiger partial charge in [0.2, 0.25) is 0 Å². The van der Waals surface area contributed by atoms with Crippen molar-refractivity contribution in [2.75, 3.05) is 0 Å². The highest BCUT2D eigenvalue weighted by molar-refractivity contribution is 6.15. The van der Waals surface area contributed by atoms with Gasteiger partial charge in [-0.15, -0.1) is 0 Å². The molecule has 8 heteroatoms. The number of rotatable bonds is 6. The van der Waals surface area contributed by atoms with Crippen molar-refractivity contribution in [3.8, 4) is 79.7 Å². The minimum atomic E-state index is -0.276. The average molecular weight is 1210 g/mol. The van der Waals surface area contributed by atoms with Crippen LogP contribution >= 0.6 is 0 Å². The molecule has 0 atom stereocenters. The molecule has 0 N–H and O–H groups in total. The lowest BCUT2D eigenvalue weighted by Gasteiger charge is -2.43. The molecule has 8 nitrogen and oxygen atoms in total. The van der Waals surface area contributed by atoms with E-state index in [1.165, 1.54) is 99.5 Å². The molecule has 0 bridgehead atoms. The zero-order valence-electron chi connectivity index (χ0n) is 55.9. The Morgan fingerprint density at radius 1 is 0.280 bits per heavy atom. The fraction of sp³-hybridized carbons (Fsp3) is 0.224. The molecule has 93 heavy (non-hydrogen) atoms. The van der Waals surface area contributed by atoms with E-state index in [2.05, 4.69) is 214 Å². The Hall–Kier alpha value is -10.2. The van der Waals surface area contributed by atoms with Gasteiger partial charge in [-0.05, 0) is 104 Å². The minimum Gasteiger partial charge on any atom is -0.309 e. The summed E-state index contributed by atoms with van der Waals surface area (Å²) in [6.07, 6.45) is 0. The molecule has 10 aromatic carbocycles. The quantitative estimate of drug-likeness (QED) is 0.165. The smallest absolute Gasteiger partial charge is 0.164 e. The Balaban J connectivity index is 0.000000154. The van der Waals surface area contributed by atoms with Gasteiger partial charge in [-0.2, -0.15) is 0 Å². The largest absolute Gasteiger partial charge is 0.309 e. The van der Waals surface area contributed by atoms with Crippen molar-refractivity contribution in [2.24, 2.45) is 0 Å². The highest BCUT2D eigenvalue weighted by Crippen LogP contribution is 2.58. The van der Waals surface area contributed by atoms with Crippen molar-refractivity contribution in [2.45, 2.75) is 124 Å². The van der Waals surface area contributed by atoms with Gasteiger partial charge >= 0.3 is 0 Å². The molecule has 0 aliphatic carbocycles. The van der Waals surface area contributed by atoms with Gasteiger partial charge in [0.15, 0.2) is 34.9 Å². The van der Waals surface area contributed by atoms with Gasteiger partial charge in [0.25, 0.3) is 0 Å². The summed E-state index contributed by atoms with van der Waals surface area (Å²) in [7, 11) is 0. The van der Waals surface area contributed by atoms with Crippen LogP contribution in [-0.4, -0.2) is 39.0 Å². The lowest BCUT2D eigenvalue weighted by Crippen LogP contribution is -2.34. The molecule has 17 rings (SSSR count). The molecule has 3 aliphatic heterocycles. The summed E-state index contributed by atoms with van der Waals surface area (Å²) < 4.78 is 5.06. The summed E-state index contributed by atoms with van der Waals surface area (Å²) in [5.74, 6) is 4.06. The molecule has 0 radical (unpaired) electrons. The summed E-state index contributed by atoms with van der Waals surface area (Å²) in [5.41, 5.74) is 23.8. The zero-order chi connectivity index (χ0) is 64.7. The predicted molar refractivity (Wildman–Crippen MR) is 386 cm³/mol. The summed E-state index contributed by atoms with van der Waals surface area (Å²) >= 11 is 0. The Morgan fingerprint density at radius 2 is 0.645 bits per heavy atom. The summed E-state index contributed by atoms with van der Waals surface area (Å²) in [6, 6.07) is 77.6. The first-order valence-electron chi connectivity index (χ1n) is 32.9. The number of fused-ring (bicyclic) bond motifs is 6. The Labute approximate surface area is 546 Å². The maximum atomic E-state index is 5.21. The molecule has 0 saturated carbocycles. The molecule has 0 unspecified atom stereocenters. The van der Waals surface area contributed by atoms with Crippen LogP contribution in [0.4, 0.5) is 0 Å². The Bertz CT molecular complexity index is 5080. The molecule has 3 aliphatic rings. The lowest BCUT2D eigenvalue weighted by atomic mass is 9.67. The Kier molecular flexibility index (Phi) is 13.6. The van der Waals surface area contributed by atoms with E-state index >= 15 is 0 Å². The topological polar surface area (TPSA) is 87.2 Å². The number of para-hydroxylation sites is 2. The summed E-state index contributed by atoms with van der Waals surface area (Å²) in [5, 5.41) is 5.18. The average Bonchev–Trinajstić information content (AvgIpc) is 1.56. The van der Waals surface area contributed by atoms with Gasteiger partial charge in [0.05, 0.1) is 33.4 Å².